The zero-order valence-electron chi connectivity index (χ0n) is 9.82. The largest absolute Gasteiger partial charge is 0.476 e. The maximum Gasteiger partial charge on any atom is 0.239 e. The van der Waals surface area contributed by atoms with Gasteiger partial charge in [-0.25, -0.2) is 0 Å². The topological polar surface area (TPSA) is 60.2 Å². The van der Waals surface area contributed by atoms with Crippen molar-refractivity contribution in [3.05, 3.63) is 12.1 Å². The van der Waals surface area contributed by atoms with Gasteiger partial charge in [0.15, 0.2) is 0 Å². The molecule has 0 amide bonds. The molecule has 90 valence electrons. The second kappa shape index (κ2) is 7.22. The summed E-state index contributed by atoms with van der Waals surface area (Å²) < 4.78 is 5.45. The number of rotatable bonds is 7. The van der Waals surface area contributed by atoms with E-state index in [1.54, 1.807) is 11.8 Å². The number of nitrogens with one attached hydrogen (secondary N) is 1. The van der Waals surface area contributed by atoms with E-state index in [1.807, 2.05) is 12.1 Å². The minimum absolute atomic E-state index is 0.524. The van der Waals surface area contributed by atoms with Crippen molar-refractivity contribution >= 4 is 23.3 Å². The molecular weight excluding hydrogens is 222 g/mol. The molecule has 1 aromatic heterocycles. The van der Waals surface area contributed by atoms with Crippen molar-refractivity contribution < 1.29 is 4.74 Å². The third-order valence-corrected chi connectivity index (χ3v) is 2.56. The highest BCUT2D eigenvalue weighted by molar-refractivity contribution is 7.98. The smallest absolute Gasteiger partial charge is 0.239 e. The summed E-state index contributed by atoms with van der Waals surface area (Å²) in [5.41, 5.74) is 6.35. The molecule has 4 nitrogen and oxygen atoms in total. The van der Waals surface area contributed by atoms with Crippen LogP contribution in [-0.4, -0.2) is 30.1 Å². The first-order valence-electron chi connectivity index (χ1n) is 5.40. The van der Waals surface area contributed by atoms with Crippen molar-refractivity contribution in [1.82, 2.24) is 4.98 Å². The first-order chi connectivity index (χ1) is 7.77. The molecule has 16 heavy (non-hydrogen) atoms. The van der Waals surface area contributed by atoms with Crippen LogP contribution in [0.3, 0.4) is 0 Å². The molecule has 0 aromatic carbocycles. The average Bonchev–Trinajstić information content (AvgIpc) is 2.30. The zero-order valence-corrected chi connectivity index (χ0v) is 10.6. The highest BCUT2D eigenvalue weighted by Crippen LogP contribution is 2.20. The Morgan fingerprint density at radius 1 is 1.50 bits per heavy atom. The van der Waals surface area contributed by atoms with E-state index in [-0.39, 0.29) is 0 Å². The molecule has 0 spiro atoms. The fourth-order valence-electron chi connectivity index (χ4n) is 1.15. The molecule has 0 fully saturated rings. The minimum Gasteiger partial charge on any atom is -0.476 e. The summed E-state index contributed by atoms with van der Waals surface area (Å²) in [6.45, 7) is 3.59. The summed E-state index contributed by atoms with van der Waals surface area (Å²) in [5, 5.41) is 3.22. The van der Waals surface area contributed by atoms with E-state index >= 15 is 0 Å². The number of anilines is 2. The van der Waals surface area contributed by atoms with Crippen LogP contribution in [0.4, 0.5) is 11.5 Å². The average molecular weight is 241 g/mol. The van der Waals surface area contributed by atoms with Gasteiger partial charge in [0, 0.05) is 12.3 Å². The SMILES string of the molecule is CCCOc1nc(NCCSC)ccc1N. The lowest BCUT2D eigenvalue weighted by atomic mass is 10.4. The number of hydrogen-bond donors (Lipinski definition) is 2. The van der Waals surface area contributed by atoms with Crippen molar-refractivity contribution in [2.45, 2.75) is 13.3 Å². The molecule has 5 heteroatoms. The zero-order chi connectivity index (χ0) is 11.8. The van der Waals surface area contributed by atoms with Crippen molar-refractivity contribution in [2.24, 2.45) is 0 Å². The summed E-state index contributed by atoms with van der Waals surface area (Å²) in [7, 11) is 0. The normalized spacial score (nSPS) is 10.1. The Labute approximate surface area is 101 Å². The van der Waals surface area contributed by atoms with Crippen LogP contribution in [0.15, 0.2) is 12.1 Å². The number of hydrogen-bond acceptors (Lipinski definition) is 5. The van der Waals surface area contributed by atoms with Crippen LogP contribution >= 0.6 is 11.8 Å². The van der Waals surface area contributed by atoms with Crippen LogP contribution < -0.4 is 15.8 Å². The van der Waals surface area contributed by atoms with Crippen molar-refractivity contribution in [1.29, 1.82) is 0 Å². The first-order valence-corrected chi connectivity index (χ1v) is 6.79. The molecular formula is C11H19N3OS. The second-order valence-corrected chi connectivity index (χ2v) is 4.34. The monoisotopic (exact) mass is 241 g/mol. The molecule has 0 aliphatic rings. The van der Waals surface area contributed by atoms with Gasteiger partial charge < -0.3 is 15.8 Å². The van der Waals surface area contributed by atoms with Crippen molar-refractivity contribution in [3.63, 3.8) is 0 Å². The number of aromatic nitrogens is 1. The van der Waals surface area contributed by atoms with Crippen LogP contribution in [0.25, 0.3) is 0 Å². The Kier molecular flexibility index (Phi) is 5.85. The van der Waals surface area contributed by atoms with Crippen LogP contribution in [-0.2, 0) is 0 Å². The number of pyridine rings is 1. The number of nitrogen functional groups attached to an aromatic ring is 1. The number of thioether (sulfide) groups is 1. The lowest BCUT2D eigenvalue weighted by molar-refractivity contribution is 0.307. The minimum atomic E-state index is 0.524. The number of ether oxygens (including phenoxy) is 1. The van der Waals surface area contributed by atoms with E-state index in [2.05, 4.69) is 23.5 Å². The summed E-state index contributed by atoms with van der Waals surface area (Å²) >= 11 is 1.80. The Balaban J connectivity index is 2.58. The molecule has 0 aliphatic heterocycles. The van der Waals surface area contributed by atoms with E-state index in [9.17, 15) is 0 Å². The fourth-order valence-corrected chi connectivity index (χ4v) is 1.45. The quantitative estimate of drug-likeness (QED) is 0.717. The molecule has 3 N–H and O–H groups in total. The van der Waals surface area contributed by atoms with Gasteiger partial charge >= 0.3 is 0 Å². The molecule has 0 bridgehead atoms. The predicted octanol–water partition coefficient (Wildman–Crippen LogP) is 2.23. The molecule has 0 atom stereocenters. The Morgan fingerprint density at radius 2 is 2.31 bits per heavy atom. The number of nitrogens with two attached hydrogens (primary N) is 1. The summed E-state index contributed by atoms with van der Waals surface area (Å²) in [4.78, 5) is 4.31. The van der Waals surface area contributed by atoms with Gasteiger partial charge in [-0.15, -0.1) is 0 Å². The maximum atomic E-state index is 5.77. The van der Waals surface area contributed by atoms with E-state index < -0.39 is 0 Å². The predicted molar refractivity (Wildman–Crippen MR) is 71.3 cm³/mol. The lowest BCUT2D eigenvalue weighted by Gasteiger charge is -2.09. The third kappa shape index (κ3) is 4.18. The van der Waals surface area contributed by atoms with Crippen molar-refractivity contribution in [2.75, 3.05) is 36.2 Å². The van der Waals surface area contributed by atoms with E-state index in [4.69, 9.17) is 10.5 Å². The molecule has 0 saturated carbocycles. The van der Waals surface area contributed by atoms with Gasteiger partial charge in [-0.2, -0.15) is 16.7 Å². The highest BCUT2D eigenvalue weighted by Gasteiger charge is 2.03. The lowest BCUT2D eigenvalue weighted by Crippen LogP contribution is -2.07. The van der Waals surface area contributed by atoms with E-state index in [1.165, 1.54) is 0 Å². The standard InChI is InChI=1S/C11H19N3OS/c1-3-7-15-11-9(12)4-5-10(14-11)13-6-8-16-2/h4-5H,3,6-8,12H2,1-2H3,(H,13,14). The van der Waals surface area contributed by atoms with Crippen LogP contribution in [0.2, 0.25) is 0 Å². The Bertz CT molecular complexity index is 320. The molecule has 0 unspecified atom stereocenters. The van der Waals surface area contributed by atoms with Gasteiger partial charge in [0.05, 0.1) is 12.3 Å². The fraction of sp³-hybridized carbons (Fsp3) is 0.545. The molecule has 0 saturated heterocycles. The summed E-state index contributed by atoms with van der Waals surface area (Å²) in [6, 6.07) is 3.69. The van der Waals surface area contributed by atoms with Crippen LogP contribution in [0, 0.1) is 0 Å². The van der Waals surface area contributed by atoms with Crippen LogP contribution in [0.1, 0.15) is 13.3 Å². The summed E-state index contributed by atoms with van der Waals surface area (Å²) in [6.07, 6.45) is 3.03. The Morgan fingerprint density at radius 3 is 3.00 bits per heavy atom. The van der Waals surface area contributed by atoms with E-state index in [0.717, 1.165) is 24.5 Å². The molecule has 1 rings (SSSR count). The molecule has 1 aromatic rings. The van der Waals surface area contributed by atoms with Gasteiger partial charge in [0.1, 0.15) is 5.82 Å². The maximum absolute atomic E-state index is 5.77. The number of nitrogens with zero attached hydrogens (tertiary/aromatic N) is 1. The summed E-state index contributed by atoms with van der Waals surface area (Å²) in [5.74, 6) is 2.39. The molecule has 0 aliphatic carbocycles. The van der Waals surface area contributed by atoms with Gasteiger partial charge in [-0.3, -0.25) is 0 Å². The van der Waals surface area contributed by atoms with Gasteiger partial charge in [-0.1, -0.05) is 6.92 Å². The van der Waals surface area contributed by atoms with Gasteiger partial charge in [-0.05, 0) is 24.8 Å². The van der Waals surface area contributed by atoms with Gasteiger partial charge in [0.25, 0.3) is 0 Å². The van der Waals surface area contributed by atoms with Crippen LogP contribution in [0.5, 0.6) is 5.88 Å². The third-order valence-electron chi connectivity index (χ3n) is 1.94. The first kappa shape index (κ1) is 13.0. The molecule has 0 radical (unpaired) electrons. The van der Waals surface area contributed by atoms with E-state index in [0.29, 0.717) is 18.2 Å². The highest BCUT2D eigenvalue weighted by atomic mass is 32.2. The second-order valence-electron chi connectivity index (χ2n) is 3.36. The Hall–Kier alpha value is -1.10. The van der Waals surface area contributed by atoms with Gasteiger partial charge in [0.2, 0.25) is 5.88 Å². The van der Waals surface area contributed by atoms with Crippen molar-refractivity contribution in [3.8, 4) is 5.88 Å². The molecule has 1 heterocycles.